The molecular weight excluding hydrogens is 304 g/mol. The molecule has 1 atom stereocenters. The van der Waals surface area contributed by atoms with E-state index < -0.39 is 0 Å². The van der Waals surface area contributed by atoms with Crippen LogP contribution in [0.4, 0.5) is 0 Å². The number of carbonyl (C=O) groups excluding carboxylic acids is 1. The van der Waals surface area contributed by atoms with Crippen molar-refractivity contribution in [2.45, 2.75) is 70.9 Å². The Bertz CT molecular complexity index is 408. The normalized spacial score (nSPS) is 22.2. The number of hydrogen-bond donors (Lipinski definition) is 2. The number of ether oxygens (including phenoxy) is 1. The van der Waals surface area contributed by atoms with Crippen LogP contribution >= 0.6 is 0 Å². The van der Waals surface area contributed by atoms with Crippen LogP contribution in [0.5, 0.6) is 0 Å². The fraction of sp³-hybridized carbons (Fsp3) is 0.889. The second kappa shape index (κ2) is 10.5. The van der Waals surface area contributed by atoms with Crippen molar-refractivity contribution in [1.29, 1.82) is 0 Å². The SMILES string of the molecule is CCNC(=NCCCOC1CCCC1)NC1CCN(C(=O)CC)C1. The summed E-state index contributed by atoms with van der Waals surface area (Å²) >= 11 is 0. The van der Waals surface area contributed by atoms with Gasteiger partial charge in [-0.1, -0.05) is 19.8 Å². The van der Waals surface area contributed by atoms with Gasteiger partial charge in [-0.15, -0.1) is 0 Å². The zero-order valence-corrected chi connectivity index (χ0v) is 15.4. The number of aliphatic imine (C=N–C) groups is 1. The van der Waals surface area contributed by atoms with Crippen molar-refractivity contribution in [1.82, 2.24) is 15.5 Å². The van der Waals surface area contributed by atoms with Crippen LogP contribution in [-0.2, 0) is 9.53 Å². The maximum Gasteiger partial charge on any atom is 0.222 e. The predicted octanol–water partition coefficient (Wildman–Crippen LogP) is 1.90. The lowest BCUT2D eigenvalue weighted by molar-refractivity contribution is -0.129. The molecule has 6 nitrogen and oxygen atoms in total. The average Bonchev–Trinajstić information content (AvgIpc) is 3.25. The van der Waals surface area contributed by atoms with Gasteiger partial charge in [0.05, 0.1) is 6.10 Å². The van der Waals surface area contributed by atoms with Crippen molar-refractivity contribution < 1.29 is 9.53 Å². The minimum Gasteiger partial charge on any atom is -0.378 e. The van der Waals surface area contributed by atoms with E-state index in [1.807, 2.05) is 11.8 Å². The van der Waals surface area contributed by atoms with Gasteiger partial charge in [0.2, 0.25) is 5.91 Å². The first-order chi connectivity index (χ1) is 11.7. The first kappa shape index (κ1) is 19.0. The highest BCUT2D eigenvalue weighted by atomic mass is 16.5. The van der Waals surface area contributed by atoms with Gasteiger partial charge in [-0.25, -0.2) is 0 Å². The van der Waals surface area contributed by atoms with E-state index in [0.29, 0.717) is 18.6 Å². The van der Waals surface area contributed by atoms with E-state index in [4.69, 9.17) is 4.74 Å². The Kier molecular flexibility index (Phi) is 8.36. The van der Waals surface area contributed by atoms with E-state index in [1.165, 1.54) is 25.7 Å². The van der Waals surface area contributed by atoms with Crippen LogP contribution in [0, 0.1) is 0 Å². The summed E-state index contributed by atoms with van der Waals surface area (Å²) in [5.74, 6) is 1.10. The lowest BCUT2D eigenvalue weighted by Gasteiger charge is -2.18. The van der Waals surface area contributed by atoms with Crippen LogP contribution in [0.25, 0.3) is 0 Å². The van der Waals surface area contributed by atoms with Crippen LogP contribution < -0.4 is 10.6 Å². The molecule has 1 aliphatic carbocycles. The van der Waals surface area contributed by atoms with Gasteiger partial charge < -0.3 is 20.3 Å². The molecule has 2 fully saturated rings. The number of hydrogen-bond acceptors (Lipinski definition) is 3. The second-order valence-corrected chi connectivity index (χ2v) is 6.71. The van der Waals surface area contributed by atoms with Crippen LogP contribution in [0.2, 0.25) is 0 Å². The second-order valence-electron chi connectivity index (χ2n) is 6.71. The van der Waals surface area contributed by atoms with Gasteiger partial charge in [0.15, 0.2) is 5.96 Å². The summed E-state index contributed by atoms with van der Waals surface area (Å²) in [6.07, 6.45) is 8.10. The summed E-state index contributed by atoms with van der Waals surface area (Å²) in [7, 11) is 0. The van der Waals surface area contributed by atoms with E-state index >= 15 is 0 Å². The molecule has 1 saturated carbocycles. The molecule has 1 amide bonds. The van der Waals surface area contributed by atoms with Crippen molar-refractivity contribution in [3.05, 3.63) is 0 Å². The number of likely N-dealkylation sites (tertiary alicyclic amines) is 1. The fourth-order valence-electron chi connectivity index (χ4n) is 3.40. The van der Waals surface area contributed by atoms with Gasteiger partial charge in [-0.2, -0.15) is 0 Å². The molecule has 1 heterocycles. The highest BCUT2D eigenvalue weighted by Gasteiger charge is 2.25. The molecule has 0 aromatic carbocycles. The third-order valence-corrected chi connectivity index (χ3v) is 4.76. The molecule has 2 aliphatic rings. The minimum atomic E-state index is 0.241. The van der Waals surface area contributed by atoms with Crippen LogP contribution in [-0.4, -0.2) is 61.7 Å². The number of guanidine groups is 1. The largest absolute Gasteiger partial charge is 0.378 e. The molecule has 1 unspecified atom stereocenters. The summed E-state index contributed by atoms with van der Waals surface area (Å²) < 4.78 is 5.88. The minimum absolute atomic E-state index is 0.241. The Hall–Kier alpha value is -1.30. The van der Waals surface area contributed by atoms with Crippen molar-refractivity contribution in [2.75, 3.05) is 32.8 Å². The van der Waals surface area contributed by atoms with Gasteiger partial charge in [0, 0.05) is 45.2 Å². The van der Waals surface area contributed by atoms with Crippen molar-refractivity contribution in [3.8, 4) is 0 Å². The monoisotopic (exact) mass is 338 g/mol. The number of rotatable bonds is 8. The summed E-state index contributed by atoms with van der Waals surface area (Å²) in [5.41, 5.74) is 0. The van der Waals surface area contributed by atoms with Gasteiger partial charge in [-0.3, -0.25) is 9.79 Å². The number of nitrogens with one attached hydrogen (secondary N) is 2. The average molecular weight is 338 g/mol. The summed E-state index contributed by atoms with van der Waals surface area (Å²) in [6, 6.07) is 0.299. The highest BCUT2D eigenvalue weighted by molar-refractivity contribution is 5.80. The topological polar surface area (TPSA) is 66.0 Å². The Labute approximate surface area is 146 Å². The Morgan fingerprint density at radius 3 is 2.75 bits per heavy atom. The first-order valence-corrected chi connectivity index (χ1v) is 9.67. The molecule has 1 aliphatic heterocycles. The van der Waals surface area contributed by atoms with Crippen molar-refractivity contribution in [2.24, 2.45) is 4.99 Å². The van der Waals surface area contributed by atoms with E-state index in [2.05, 4.69) is 22.5 Å². The van der Waals surface area contributed by atoms with Crippen molar-refractivity contribution >= 4 is 11.9 Å². The molecule has 6 heteroatoms. The molecule has 1 saturated heterocycles. The Morgan fingerprint density at radius 2 is 2.04 bits per heavy atom. The number of nitrogens with zero attached hydrogens (tertiary/aromatic N) is 2. The molecule has 0 radical (unpaired) electrons. The van der Waals surface area contributed by atoms with Gasteiger partial charge in [-0.05, 0) is 32.6 Å². The third kappa shape index (κ3) is 6.30. The lowest BCUT2D eigenvalue weighted by Crippen LogP contribution is -2.45. The van der Waals surface area contributed by atoms with Crippen LogP contribution in [0.1, 0.15) is 58.8 Å². The highest BCUT2D eigenvalue weighted by Crippen LogP contribution is 2.20. The molecule has 2 N–H and O–H groups in total. The predicted molar refractivity (Wildman–Crippen MR) is 97.2 cm³/mol. The van der Waals surface area contributed by atoms with E-state index in [9.17, 15) is 4.79 Å². The zero-order chi connectivity index (χ0) is 17.2. The van der Waals surface area contributed by atoms with Crippen molar-refractivity contribution in [3.63, 3.8) is 0 Å². The van der Waals surface area contributed by atoms with Crippen LogP contribution in [0.15, 0.2) is 4.99 Å². The van der Waals surface area contributed by atoms with E-state index in [-0.39, 0.29) is 5.91 Å². The maximum atomic E-state index is 11.8. The fourth-order valence-corrected chi connectivity index (χ4v) is 3.40. The molecule has 0 bridgehead atoms. The maximum absolute atomic E-state index is 11.8. The number of carbonyl (C=O) groups is 1. The van der Waals surface area contributed by atoms with Gasteiger partial charge >= 0.3 is 0 Å². The molecule has 0 aromatic rings. The number of amides is 1. The van der Waals surface area contributed by atoms with Crippen LogP contribution in [0.3, 0.4) is 0 Å². The molecule has 0 spiro atoms. The Balaban J connectivity index is 1.67. The quantitative estimate of drug-likeness (QED) is 0.403. The smallest absolute Gasteiger partial charge is 0.222 e. The standard InChI is InChI=1S/C18H34N4O2/c1-3-17(23)22-12-10-15(14-22)21-18(19-4-2)20-11-7-13-24-16-8-5-6-9-16/h15-16H,3-14H2,1-2H3,(H2,19,20,21). The third-order valence-electron chi connectivity index (χ3n) is 4.76. The van der Waals surface area contributed by atoms with Gasteiger partial charge in [0.1, 0.15) is 0 Å². The van der Waals surface area contributed by atoms with Gasteiger partial charge in [0.25, 0.3) is 0 Å². The summed E-state index contributed by atoms with van der Waals surface area (Å²) in [6.45, 7) is 8.03. The summed E-state index contributed by atoms with van der Waals surface area (Å²) in [5, 5.41) is 6.76. The van der Waals surface area contributed by atoms with E-state index in [0.717, 1.165) is 51.6 Å². The molecule has 2 rings (SSSR count). The molecule has 0 aromatic heterocycles. The zero-order valence-electron chi connectivity index (χ0n) is 15.4. The Morgan fingerprint density at radius 1 is 1.25 bits per heavy atom. The lowest BCUT2D eigenvalue weighted by atomic mass is 10.3. The van der Waals surface area contributed by atoms with E-state index in [1.54, 1.807) is 0 Å². The molecule has 138 valence electrons. The summed E-state index contributed by atoms with van der Waals surface area (Å²) in [4.78, 5) is 18.3. The molecular formula is C18H34N4O2. The molecule has 24 heavy (non-hydrogen) atoms. The first-order valence-electron chi connectivity index (χ1n) is 9.67.